The van der Waals surface area contributed by atoms with Crippen LogP contribution in [0.3, 0.4) is 0 Å². The van der Waals surface area contributed by atoms with Crippen LogP contribution in [0.2, 0.25) is 0 Å². The second-order valence-corrected chi connectivity index (χ2v) is 9.67. The van der Waals surface area contributed by atoms with Crippen molar-refractivity contribution in [1.82, 2.24) is 10.2 Å². The highest BCUT2D eigenvalue weighted by atomic mass is 16.5. The normalized spacial score (nSPS) is 13.9. The number of hydrogen-bond donors (Lipinski definition) is 1. The van der Waals surface area contributed by atoms with Crippen LogP contribution >= 0.6 is 0 Å². The molecule has 1 N–H and O–H groups in total. The number of carbonyl (C=O) groups is 1. The number of nitrogens with zero attached hydrogens (tertiary/aromatic N) is 3. The summed E-state index contributed by atoms with van der Waals surface area (Å²) < 4.78 is 9.81. The van der Waals surface area contributed by atoms with Crippen LogP contribution in [0.1, 0.15) is 43.6 Å². The number of ether oxygens (including phenoxy) is 2. The molecule has 0 bridgehead atoms. The van der Waals surface area contributed by atoms with Gasteiger partial charge in [-0.15, -0.1) is 0 Å². The number of allylic oxidation sites excluding steroid dienone is 4. The SMILES string of the molecule is C=C(/N=C(C)\C(NC(C(=O)c1cccc(C)c1)=C(C)C)=C(/C)N1CCOCC1)N(C)c1ccccc1.COC. The molecule has 2 aromatic carbocycles. The lowest BCUT2D eigenvalue weighted by atomic mass is 10.0. The molecular formula is C32H44N4O3. The van der Waals surface area contributed by atoms with E-state index in [1.807, 2.05) is 94.2 Å². The Labute approximate surface area is 234 Å². The van der Waals surface area contributed by atoms with Gasteiger partial charge in [0.25, 0.3) is 0 Å². The third-order valence-electron chi connectivity index (χ3n) is 6.29. The van der Waals surface area contributed by atoms with Gasteiger partial charge in [0.1, 0.15) is 5.82 Å². The van der Waals surface area contributed by atoms with Gasteiger partial charge in [0.2, 0.25) is 5.78 Å². The van der Waals surface area contributed by atoms with Gasteiger partial charge >= 0.3 is 0 Å². The smallest absolute Gasteiger partial charge is 0.209 e. The second kappa shape index (κ2) is 15.7. The second-order valence-electron chi connectivity index (χ2n) is 9.67. The third-order valence-corrected chi connectivity index (χ3v) is 6.29. The first-order valence-electron chi connectivity index (χ1n) is 13.1. The number of Topliss-reactive ketones (excluding diaryl/α,β-unsaturated/α-hetero) is 1. The number of aryl methyl sites for hydroxylation is 1. The molecule has 2 aromatic rings. The predicted molar refractivity (Wildman–Crippen MR) is 162 cm³/mol. The zero-order chi connectivity index (χ0) is 28.9. The van der Waals surface area contributed by atoms with Crippen LogP contribution in [-0.4, -0.2) is 64.0 Å². The summed E-state index contributed by atoms with van der Waals surface area (Å²) in [5, 5.41) is 3.49. The van der Waals surface area contributed by atoms with Crippen LogP contribution < -0.4 is 10.2 Å². The fourth-order valence-corrected chi connectivity index (χ4v) is 4.09. The molecule has 1 fully saturated rings. The highest BCUT2D eigenvalue weighted by Crippen LogP contribution is 2.21. The number of aliphatic imine (C=N–C) groups is 1. The first-order chi connectivity index (χ1) is 18.6. The van der Waals surface area contributed by atoms with Crippen molar-refractivity contribution in [3.05, 3.63) is 101 Å². The van der Waals surface area contributed by atoms with E-state index >= 15 is 0 Å². The number of hydrogen-bond acceptors (Lipinski definition) is 7. The van der Waals surface area contributed by atoms with E-state index in [-0.39, 0.29) is 5.78 Å². The number of rotatable bonds is 9. The summed E-state index contributed by atoms with van der Waals surface area (Å²) in [6.07, 6.45) is 0. The molecule has 0 aromatic heterocycles. The molecule has 0 unspecified atom stereocenters. The topological polar surface area (TPSA) is 66.4 Å². The zero-order valence-electron chi connectivity index (χ0n) is 24.8. The molecule has 7 heteroatoms. The summed E-state index contributed by atoms with van der Waals surface area (Å²) in [5.41, 5.74) is 6.74. The zero-order valence-corrected chi connectivity index (χ0v) is 24.8. The number of para-hydroxylation sites is 1. The van der Waals surface area contributed by atoms with Crippen molar-refractivity contribution in [3.63, 3.8) is 0 Å². The molecule has 0 atom stereocenters. The van der Waals surface area contributed by atoms with Crippen LogP contribution in [0.25, 0.3) is 0 Å². The average molecular weight is 533 g/mol. The number of methoxy groups -OCH3 is 1. The molecule has 0 amide bonds. The van der Waals surface area contributed by atoms with Crippen molar-refractivity contribution in [2.24, 2.45) is 4.99 Å². The first kappa shape index (κ1) is 31.5. The van der Waals surface area contributed by atoms with Gasteiger partial charge in [0, 0.05) is 51.3 Å². The Morgan fingerprint density at radius 1 is 1.00 bits per heavy atom. The molecule has 1 aliphatic heterocycles. The van der Waals surface area contributed by atoms with E-state index < -0.39 is 0 Å². The molecule has 39 heavy (non-hydrogen) atoms. The Morgan fingerprint density at radius 3 is 2.18 bits per heavy atom. The van der Waals surface area contributed by atoms with E-state index in [1.165, 1.54) is 0 Å². The summed E-state index contributed by atoms with van der Waals surface area (Å²) in [6.45, 7) is 17.0. The van der Waals surface area contributed by atoms with E-state index in [0.29, 0.717) is 30.3 Å². The molecule has 0 saturated carbocycles. The Kier molecular flexibility index (Phi) is 12.7. The standard InChI is InChI=1S/C30H38N4O2.C2H6O/c1-21(2)28(30(35)26-13-11-12-22(3)20-26)32-29(24(5)34-16-18-36-19-17-34)23(4)31-25(6)33(7)27-14-9-8-10-15-27;1-3-2/h8-15,20,32H,6,16-19H2,1-5,7H3;1-2H3/b29-24-,31-23-;. The van der Waals surface area contributed by atoms with Crippen molar-refractivity contribution in [2.45, 2.75) is 34.6 Å². The number of carbonyl (C=O) groups excluding carboxylic acids is 1. The summed E-state index contributed by atoms with van der Waals surface area (Å²) in [5.74, 6) is 0.565. The van der Waals surface area contributed by atoms with Gasteiger partial charge in [-0.1, -0.05) is 48.5 Å². The maximum atomic E-state index is 13.6. The number of anilines is 1. The highest BCUT2D eigenvalue weighted by molar-refractivity contribution is 6.10. The summed E-state index contributed by atoms with van der Waals surface area (Å²) in [4.78, 5) is 22.7. The Hall–Kier alpha value is -3.68. The van der Waals surface area contributed by atoms with Gasteiger partial charge in [-0.05, 0) is 58.4 Å². The van der Waals surface area contributed by atoms with Gasteiger partial charge in [0.15, 0.2) is 0 Å². The number of nitrogens with one attached hydrogen (secondary N) is 1. The van der Waals surface area contributed by atoms with Crippen LogP contribution in [0, 0.1) is 6.92 Å². The minimum Gasteiger partial charge on any atom is -0.388 e. The van der Waals surface area contributed by atoms with Gasteiger partial charge in [-0.2, -0.15) is 0 Å². The molecule has 1 aliphatic rings. The predicted octanol–water partition coefficient (Wildman–Crippen LogP) is 5.96. The van der Waals surface area contributed by atoms with Crippen molar-refractivity contribution < 1.29 is 14.3 Å². The molecular weight excluding hydrogens is 488 g/mol. The van der Waals surface area contributed by atoms with Crippen LogP contribution in [0.5, 0.6) is 0 Å². The summed E-state index contributed by atoms with van der Waals surface area (Å²) >= 11 is 0. The summed E-state index contributed by atoms with van der Waals surface area (Å²) in [7, 11) is 5.20. The number of morpholine rings is 1. The van der Waals surface area contributed by atoms with Crippen molar-refractivity contribution in [2.75, 3.05) is 52.5 Å². The van der Waals surface area contributed by atoms with Gasteiger partial charge in [0.05, 0.1) is 30.3 Å². The Morgan fingerprint density at radius 2 is 1.62 bits per heavy atom. The molecule has 0 spiro atoms. The number of ketones is 1. The van der Waals surface area contributed by atoms with Crippen molar-refractivity contribution >= 4 is 17.2 Å². The van der Waals surface area contributed by atoms with E-state index in [1.54, 1.807) is 14.2 Å². The van der Waals surface area contributed by atoms with E-state index in [4.69, 9.17) is 9.73 Å². The summed E-state index contributed by atoms with van der Waals surface area (Å²) in [6, 6.07) is 17.7. The lowest BCUT2D eigenvalue weighted by Crippen LogP contribution is -2.38. The van der Waals surface area contributed by atoms with Gasteiger partial charge in [-0.3, -0.25) is 4.79 Å². The molecule has 0 radical (unpaired) electrons. The molecule has 210 valence electrons. The van der Waals surface area contributed by atoms with Crippen molar-refractivity contribution in [3.8, 4) is 0 Å². The number of benzene rings is 2. The van der Waals surface area contributed by atoms with Crippen LogP contribution in [-0.2, 0) is 9.47 Å². The van der Waals surface area contributed by atoms with Crippen LogP contribution in [0.4, 0.5) is 5.69 Å². The minimum absolute atomic E-state index is 0.0426. The highest BCUT2D eigenvalue weighted by Gasteiger charge is 2.21. The van der Waals surface area contributed by atoms with E-state index in [0.717, 1.165) is 47.0 Å². The van der Waals surface area contributed by atoms with E-state index in [9.17, 15) is 4.79 Å². The van der Waals surface area contributed by atoms with Crippen LogP contribution in [0.15, 0.2) is 94.7 Å². The van der Waals surface area contributed by atoms with Crippen molar-refractivity contribution in [1.29, 1.82) is 0 Å². The lowest BCUT2D eigenvalue weighted by molar-refractivity contribution is 0.0532. The average Bonchev–Trinajstić information content (AvgIpc) is 2.93. The lowest BCUT2D eigenvalue weighted by Gasteiger charge is -2.32. The van der Waals surface area contributed by atoms with Gasteiger partial charge in [-0.25, -0.2) is 4.99 Å². The maximum Gasteiger partial charge on any atom is 0.209 e. The maximum absolute atomic E-state index is 13.6. The molecule has 7 nitrogen and oxygen atoms in total. The van der Waals surface area contributed by atoms with E-state index in [2.05, 4.69) is 28.5 Å². The third kappa shape index (κ3) is 9.23. The van der Waals surface area contributed by atoms with Gasteiger partial charge < -0.3 is 24.6 Å². The quantitative estimate of drug-likeness (QED) is 0.244. The molecule has 0 aliphatic carbocycles. The first-order valence-corrected chi connectivity index (χ1v) is 13.1. The largest absolute Gasteiger partial charge is 0.388 e. The molecule has 1 heterocycles. The molecule has 3 rings (SSSR count). The fourth-order valence-electron chi connectivity index (χ4n) is 4.09. The molecule has 1 saturated heterocycles. The fraction of sp³-hybridized carbons (Fsp3) is 0.375. The monoisotopic (exact) mass is 532 g/mol. The Balaban J connectivity index is 0.00000170. The Bertz CT molecular complexity index is 1200. The minimum atomic E-state index is -0.0426.